The highest BCUT2D eigenvalue weighted by Gasteiger charge is 2.40. The average Bonchev–Trinajstić information content (AvgIpc) is 2.36. The maximum absolute atomic E-state index is 10.3. The highest BCUT2D eigenvalue weighted by atomic mass is 16.4. The first-order valence-electron chi connectivity index (χ1n) is 5.99. The third-order valence-electron chi connectivity index (χ3n) is 2.26. The monoisotopic (exact) mass is 324 g/mol. The first-order valence-corrected chi connectivity index (χ1v) is 5.99. The van der Waals surface area contributed by atoms with E-state index in [0.717, 1.165) is 0 Å². The third-order valence-corrected chi connectivity index (χ3v) is 2.26. The first-order chi connectivity index (χ1) is 10.00. The Morgan fingerprint density at radius 3 is 1.68 bits per heavy atom. The van der Waals surface area contributed by atoms with Gasteiger partial charge in [0.2, 0.25) is 0 Å². The van der Waals surface area contributed by atoms with Crippen molar-refractivity contribution in [3.8, 4) is 0 Å². The van der Waals surface area contributed by atoms with Gasteiger partial charge in [0.1, 0.15) is 12.2 Å². The van der Waals surface area contributed by atoms with Crippen LogP contribution in [-0.4, -0.2) is 78.1 Å². The summed E-state index contributed by atoms with van der Waals surface area (Å²) in [5, 5.41) is 59.6. The molecule has 2 atom stereocenters. The lowest BCUT2D eigenvalue weighted by atomic mass is 9.96. The minimum atomic E-state index is -2.74. The second-order valence-corrected chi connectivity index (χ2v) is 4.24. The van der Waals surface area contributed by atoms with Crippen LogP contribution in [0.25, 0.3) is 0 Å². The number of aliphatic hydroxyl groups excluding tert-OH is 3. The van der Waals surface area contributed by atoms with Crippen molar-refractivity contribution in [2.75, 3.05) is 6.61 Å². The lowest BCUT2D eigenvalue weighted by molar-refractivity contribution is -0.170. The quantitative estimate of drug-likeness (QED) is 0.246. The molecule has 0 aliphatic carbocycles. The van der Waals surface area contributed by atoms with Crippen LogP contribution in [-0.2, 0) is 14.4 Å². The van der Waals surface area contributed by atoms with Crippen molar-refractivity contribution >= 4 is 17.9 Å². The summed E-state index contributed by atoms with van der Waals surface area (Å²) in [6.45, 7) is 1.32. The van der Waals surface area contributed by atoms with E-state index in [0.29, 0.717) is 0 Å². The van der Waals surface area contributed by atoms with Gasteiger partial charge in [0.15, 0.2) is 5.60 Å². The van der Waals surface area contributed by atoms with Crippen molar-refractivity contribution in [1.82, 2.24) is 0 Å². The van der Waals surface area contributed by atoms with Crippen molar-refractivity contribution in [2.45, 2.75) is 37.6 Å². The summed E-state index contributed by atoms with van der Waals surface area (Å²) in [5.41, 5.74) is -2.74. The number of hydrogen-bond acceptors (Lipinski definition) is 7. The maximum atomic E-state index is 10.3. The molecule has 0 fully saturated rings. The van der Waals surface area contributed by atoms with E-state index >= 15 is 0 Å². The van der Waals surface area contributed by atoms with Crippen LogP contribution in [0.3, 0.4) is 0 Å². The topological polar surface area (TPSA) is 193 Å². The Balaban J connectivity index is 0. The second-order valence-electron chi connectivity index (χ2n) is 4.24. The molecule has 0 heterocycles. The molecular formula is C12H20O10. The van der Waals surface area contributed by atoms with Crippen molar-refractivity contribution in [2.24, 2.45) is 0 Å². The Labute approximate surface area is 125 Å². The van der Waals surface area contributed by atoms with Gasteiger partial charge in [0, 0.05) is 0 Å². The second kappa shape index (κ2) is 10.7. The third kappa shape index (κ3) is 9.83. The molecule has 2 unspecified atom stereocenters. The summed E-state index contributed by atoms with van der Waals surface area (Å²) >= 11 is 0. The van der Waals surface area contributed by atoms with Gasteiger partial charge in [-0.2, -0.15) is 0 Å². The van der Waals surface area contributed by atoms with Gasteiger partial charge < -0.3 is 35.7 Å². The van der Waals surface area contributed by atoms with Crippen LogP contribution in [0.4, 0.5) is 0 Å². The Kier molecular flexibility index (Phi) is 10.8. The Bertz CT molecular complexity index is 387. The lowest BCUT2D eigenvalue weighted by Gasteiger charge is -2.18. The molecule has 0 aromatic rings. The van der Waals surface area contributed by atoms with Crippen LogP contribution in [0, 0.1) is 0 Å². The van der Waals surface area contributed by atoms with Crippen molar-refractivity contribution in [3.05, 3.63) is 12.2 Å². The number of rotatable bonds is 8. The van der Waals surface area contributed by atoms with Gasteiger partial charge in [0.05, 0.1) is 19.4 Å². The molecule has 0 amide bonds. The van der Waals surface area contributed by atoms with E-state index in [-0.39, 0.29) is 0 Å². The van der Waals surface area contributed by atoms with Gasteiger partial charge in [-0.05, 0) is 6.92 Å². The van der Waals surface area contributed by atoms with Crippen LogP contribution in [0.5, 0.6) is 0 Å². The van der Waals surface area contributed by atoms with E-state index in [2.05, 4.69) is 0 Å². The molecule has 22 heavy (non-hydrogen) atoms. The van der Waals surface area contributed by atoms with E-state index in [1.165, 1.54) is 6.08 Å². The van der Waals surface area contributed by atoms with Gasteiger partial charge in [-0.25, -0.2) is 4.79 Å². The molecular weight excluding hydrogens is 304 g/mol. The molecule has 0 spiro atoms. The van der Waals surface area contributed by atoms with Crippen molar-refractivity contribution in [1.29, 1.82) is 0 Å². The zero-order valence-corrected chi connectivity index (χ0v) is 11.8. The fraction of sp³-hybridized carbons (Fsp3) is 0.583. The number of hydrogen-bond donors (Lipinski definition) is 7. The molecule has 0 rings (SSSR count). The lowest BCUT2D eigenvalue weighted by Crippen LogP contribution is -2.42. The van der Waals surface area contributed by atoms with E-state index in [1.807, 2.05) is 0 Å². The Morgan fingerprint density at radius 1 is 1.05 bits per heavy atom. The Morgan fingerprint density at radius 2 is 1.45 bits per heavy atom. The summed E-state index contributed by atoms with van der Waals surface area (Å²) in [5.74, 6) is -5.02. The number of aliphatic hydroxyl groups is 4. The molecule has 0 saturated heterocycles. The standard InChI is InChI=1S/C6H8O7.C6H12O3/c7-3(8)1-6(13,5(11)12)2-4(9)10;1-2-3-5(8)6(9)4-7/h13H,1-2H2,(H,7,8)(H,9,10)(H,11,12);2-3,5-9H,4H2,1H3. The normalized spacial score (nSPS) is 13.9. The molecule has 7 N–H and O–H groups in total. The van der Waals surface area contributed by atoms with Gasteiger partial charge in [0.25, 0.3) is 0 Å². The minimum absolute atomic E-state index is 0.411. The smallest absolute Gasteiger partial charge is 0.336 e. The van der Waals surface area contributed by atoms with E-state index in [4.69, 9.17) is 35.7 Å². The first kappa shape index (κ1) is 22.3. The summed E-state index contributed by atoms with van der Waals surface area (Å²) < 4.78 is 0. The van der Waals surface area contributed by atoms with Gasteiger partial charge >= 0.3 is 17.9 Å². The summed E-state index contributed by atoms with van der Waals surface area (Å²) in [6, 6.07) is 0. The highest BCUT2D eigenvalue weighted by molar-refractivity contribution is 5.88. The minimum Gasteiger partial charge on any atom is -0.481 e. The van der Waals surface area contributed by atoms with Crippen molar-refractivity contribution < 1.29 is 50.1 Å². The largest absolute Gasteiger partial charge is 0.481 e. The SMILES string of the molecule is CC=CC(O)C(O)CO.O=C(O)CC(O)(CC(=O)O)C(=O)O. The zero-order valence-electron chi connectivity index (χ0n) is 11.8. The molecule has 0 aromatic heterocycles. The van der Waals surface area contributed by atoms with E-state index < -0.39 is 55.2 Å². The number of allylic oxidation sites excluding steroid dienone is 1. The zero-order chi connectivity index (χ0) is 17.9. The van der Waals surface area contributed by atoms with E-state index in [9.17, 15) is 14.4 Å². The molecule has 0 radical (unpaired) electrons. The number of carboxylic acid groups (broad SMARTS) is 3. The van der Waals surface area contributed by atoms with Gasteiger partial charge in [-0.1, -0.05) is 12.2 Å². The fourth-order valence-corrected chi connectivity index (χ4v) is 1.15. The molecule has 0 bridgehead atoms. The molecule has 10 heteroatoms. The van der Waals surface area contributed by atoms with Crippen LogP contribution in [0.1, 0.15) is 19.8 Å². The molecule has 128 valence electrons. The summed E-state index contributed by atoms with van der Waals surface area (Å²) in [4.78, 5) is 30.5. The van der Waals surface area contributed by atoms with Crippen LogP contribution in [0.15, 0.2) is 12.2 Å². The maximum Gasteiger partial charge on any atom is 0.336 e. The van der Waals surface area contributed by atoms with Crippen LogP contribution >= 0.6 is 0 Å². The molecule has 10 nitrogen and oxygen atoms in total. The number of carbonyl (C=O) groups is 3. The van der Waals surface area contributed by atoms with Crippen LogP contribution < -0.4 is 0 Å². The van der Waals surface area contributed by atoms with E-state index in [1.54, 1.807) is 13.0 Å². The number of aliphatic carboxylic acids is 3. The Hall–Kier alpha value is -2.01. The molecule has 0 saturated carbocycles. The number of carboxylic acids is 3. The predicted octanol–water partition coefficient (Wildman–Crippen LogP) is -1.97. The summed E-state index contributed by atoms with van der Waals surface area (Å²) in [7, 11) is 0. The highest BCUT2D eigenvalue weighted by Crippen LogP contribution is 2.15. The summed E-state index contributed by atoms with van der Waals surface area (Å²) in [6.07, 6.45) is -1.26. The molecule has 0 aliphatic heterocycles. The average molecular weight is 324 g/mol. The van der Waals surface area contributed by atoms with Gasteiger partial charge in [-0.3, -0.25) is 9.59 Å². The predicted molar refractivity (Wildman–Crippen MR) is 71.0 cm³/mol. The van der Waals surface area contributed by atoms with Crippen molar-refractivity contribution in [3.63, 3.8) is 0 Å². The fourth-order valence-electron chi connectivity index (χ4n) is 1.15. The van der Waals surface area contributed by atoms with Gasteiger partial charge in [-0.15, -0.1) is 0 Å². The van der Waals surface area contributed by atoms with Crippen LogP contribution in [0.2, 0.25) is 0 Å². The molecule has 0 aliphatic rings. The molecule has 0 aromatic carbocycles.